The average Bonchev–Trinajstić information content (AvgIpc) is 2.82. The van der Waals surface area contributed by atoms with Gasteiger partial charge >= 0.3 is 5.97 Å². The van der Waals surface area contributed by atoms with Crippen molar-refractivity contribution >= 4 is 24.3 Å². The number of ether oxygens (including phenoxy) is 2. The van der Waals surface area contributed by atoms with E-state index >= 15 is 0 Å². The fourth-order valence-electron chi connectivity index (χ4n) is 2.84. The first-order chi connectivity index (χ1) is 12.4. The van der Waals surface area contributed by atoms with E-state index in [-0.39, 0.29) is 43.2 Å². The van der Waals surface area contributed by atoms with E-state index < -0.39 is 5.97 Å². The second-order valence-corrected chi connectivity index (χ2v) is 6.93. The van der Waals surface area contributed by atoms with Crippen molar-refractivity contribution in [1.29, 1.82) is 0 Å². The molecule has 2 N–H and O–H groups in total. The van der Waals surface area contributed by atoms with Crippen LogP contribution in [-0.4, -0.2) is 55.2 Å². The highest BCUT2D eigenvalue weighted by molar-refractivity contribution is 5.85. The number of nitrogens with zero attached hydrogens (tertiary/aromatic N) is 1. The lowest BCUT2D eigenvalue weighted by Gasteiger charge is -2.25. The molecule has 1 aromatic carbocycles. The third kappa shape index (κ3) is 7.27. The van der Waals surface area contributed by atoms with Gasteiger partial charge in [0.15, 0.2) is 11.5 Å². The molecular weight excluding hydrogens is 372 g/mol. The molecule has 1 amide bonds. The van der Waals surface area contributed by atoms with E-state index in [1.807, 2.05) is 32.0 Å². The molecule has 1 heterocycles. The lowest BCUT2D eigenvalue weighted by Crippen LogP contribution is -2.39. The number of nitrogens with one attached hydrogen (secondary N) is 1. The van der Waals surface area contributed by atoms with E-state index in [1.165, 1.54) is 0 Å². The van der Waals surface area contributed by atoms with Crippen molar-refractivity contribution in [2.24, 2.45) is 5.92 Å². The van der Waals surface area contributed by atoms with Crippen LogP contribution in [-0.2, 0) is 9.59 Å². The van der Waals surface area contributed by atoms with Crippen LogP contribution in [0.3, 0.4) is 0 Å². The highest BCUT2D eigenvalue weighted by atomic mass is 35.5. The zero-order chi connectivity index (χ0) is 19.1. The minimum Gasteiger partial charge on any atom is -0.490 e. The van der Waals surface area contributed by atoms with Crippen LogP contribution in [0.25, 0.3) is 0 Å². The van der Waals surface area contributed by atoms with Crippen molar-refractivity contribution in [2.75, 3.05) is 33.4 Å². The van der Waals surface area contributed by atoms with Gasteiger partial charge in [0, 0.05) is 13.0 Å². The Kier molecular flexibility index (Phi) is 9.38. The fraction of sp³-hybridized carbons (Fsp3) is 0.579. The number of likely N-dealkylation sites (N-methyl/N-ethyl adjacent to an activating group) is 1. The van der Waals surface area contributed by atoms with Gasteiger partial charge in [-0.25, -0.2) is 0 Å². The smallest absolute Gasteiger partial charge is 0.304 e. The number of benzene rings is 1. The molecule has 1 aromatic rings. The lowest BCUT2D eigenvalue weighted by atomic mass is 9.95. The molecule has 1 aliphatic rings. The van der Waals surface area contributed by atoms with Crippen LogP contribution < -0.4 is 14.8 Å². The third-order valence-corrected chi connectivity index (χ3v) is 4.23. The van der Waals surface area contributed by atoms with Gasteiger partial charge in [-0.15, -0.1) is 12.4 Å². The summed E-state index contributed by atoms with van der Waals surface area (Å²) in [5.74, 6) is 0.619. The number of carbonyl (C=O) groups is 2. The largest absolute Gasteiger partial charge is 0.490 e. The van der Waals surface area contributed by atoms with E-state index in [4.69, 9.17) is 14.6 Å². The summed E-state index contributed by atoms with van der Waals surface area (Å²) in [5, 5.41) is 11.8. The van der Waals surface area contributed by atoms with Gasteiger partial charge in [-0.2, -0.15) is 0 Å². The van der Waals surface area contributed by atoms with E-state index in [0.29, 0.717) is 25.5 Å². The van der Waals surface area contributed by atoms with Crippen molar-refractivity contribution in [1.82, 2.24) is 10.2 Å². The Labute approximate surface area is 166 Å². The number of carboxylic acids is 1. The topological polar surface area (TPSA) is 88.1 Å². The zero-order valence-corrected chi connectivity index (χ0v) is 16.9. The highest BCUT2D eigenvalue weighted by Gasteiger charge is 2.21. The number of halogens is 1. The summed E-state index contributed by atoms with van der Waals surface area (Å²) >= 11 is 0. The van der Waals surface area contributed by atoms with Crippen molar-refractivity contribution in [3.8, 4) is 11.5 Å². The summed E-state index contributed by atoms with van der Waals surface area (Å²) in [6.07, 6.45) is 0.858. The number of rotatable bonds is 8. The van der Waals surface area contributed by atoms with Crippen LogP contribution in [0.2, 0.25) is 0 Å². The SMILES string of the molecule is CC(C)C(NC(=O)CN(C)CCC(=O)O)c1ccc2c(c1)OCCCO2.Cl. The number of hydrogen-bond acceptors (Lipinski definition) is 5. The van der Waals surface area contributed by atoms with Crippen LogP contribution in [0, 0.1) is 5.92 Å². The first-order valence-electron chi connectivity index (χ1n) is 8.96. The minimum atomic E-state index is -0.871. The number of carbonyl (C=O) groups excluding carboxylic acids is 1. The van der Waals surface area contributed by atoms with Crippen LogP contribution in [0.5, 0.6) is 11.5 Å². The lowest BCUT2D eigenvalue weighted by molar-refractivity contribution is -0.137. The van der Waals surface area contributed by atoms with E-state index in [9.17, 15) is 9.59 Å². The first-order valence-corrected chi connectivity index (χ1v) is 8.96. The molecule has 1 aliphatic heterocycles. The van der Waals surface area contributed by atoms with Gasteiger partial charge in [-0.1, -0.05) is 19.9 Å². The van der Waals surface area contributed by atoms with Gasteiger partial charge in [-0.3, -0.25) is 14.5 Å². The number of amides is 1. The summed E-state index contributed by atoms with van der Waals surface area (Å²) in [4.78, 5) is 24.7. The summed E-state index contributed by atoms with van der Waals surface area (Å²) in [5.41, 5.74) is 0.964. The Bertz CT molecular complexity index is 639. The minimum absolute atomic E-state index is 0. The molecule has 0 saturated carbocycles. The molecule has 1 atom stereocenters. The second kappa shape index (κ2) is 11.0. The van der Waals surface area contributed by atoms with Gasteiger partial charge in [0.25, 0.3) is 0 Å². The number of fused-ring (bicyclic) bond motifs is 1. The zero-order valence-electron chi connectivity index (χ0n) is 16.1. The van der Waals surface area contributed by atoms with Gasteiger partial charge < -0.3 is 19.9 Å². The summed E-state index contributed by atoms with van der Waals surface area (Å²) < 4.78 is 11.4. The van der Waals surface area contributed by atoms with Gasteiger partial charge in [0.05, 0.1) is 32.2 Å². The molecule has 0 fully saturated rings. The fourth-order valence-corrected chi connectivity index (χ4v) is 2.84. The number of aliphatic carboxylic acids is 1. The van der Waals surface area contributed by atoms with Crippen molar-refractivity contribution < 1.29 is 24.2 Å². The van der Waals surface area contributed by atoms with E-state index in [0.717, 1.165) is 17.7 Å². The highest BCUT2D eigenvalue weighted by Crippen LogP contribution is 2.34. The Morgan fingerprint density at radius 2 is 1.89 bits per heavy atom. The molecule has 1 unspecified atom stereocenters. The van der Waals surface area contributed by atoms with Crippen LogP contribution in [0.15, 0.2) is 18.2 Å². The molecule has 27 heavy (non-hydrogen) atoms. The number of carboxylic acid groups (broad SMARTS) is 1. The van der Waals surface area contributed by atoms with Crippen molar-refractivity contribution in [3.63, 3.8) is 0 Å². The molecule has 152 valence electrons. The first kappa shape index (κ1) is 23.0. The monoisotopic (exact) mass is 400 g/mol. The molecule has 7 nitrogen and oxygen atoms in total. The molecule has 2 rings (SSSR count). The summed E-state index contributed by atoms with van der Waals surface area (Å²) in [6.45, 7) is 5.83. The molecule has 0 spiro atoms. The maximum Gasteiger partial charge on any atom is 0.304 e. The quantitative estimate of drug-likeness (QED) is 0.697. The Hall–Kier alpha value is -1.99. The van der Waals surface area contributed by atoms with Gasteiger partial charge in [-0.05, 0) is 30.7 Å². The second-order valence-electron chi connectivity index (χ2n) is 6.93. The maximum absolute atomic E-state index is 12.4. The van der Waals surface area contributed by atoms with Crippen LogP contribution >= 0.6 is 12.4 Å². The molecular formula is C19H29ClN2O5. The van der Waals surface area contributed by atoms with E-state index in [2.05, 4.69) is 5.32 Å². The Morgan fingerprint density at radius 1 is 1.22 bits per heavy atom. The summed E-state index contributed by atoms with van der Waals surface area (Å²) in [7, 11) is 1.74. The molecule has 0 saturated heterocycles. The molecule has 0 bridgehead atoms. The third-order valence-electron chi connectivity index (χ3n) is 4.23. The normalized spacial score (nSPS) is 14.3. The molecule has 0 aromatic heterocycles. The molecule has 8 heteroatoms. The molecule has 0 aliphatic carbocycles. The van der Waals surface area contributed by atoms with Crippen molar-refractivity contribution in [3.05, 3.63) is 23.8 Å². The Morgan fingerprint density at radius 3 is 2.52 bits per heavy atom. The predicted octanol–water partition coefficient (Wildman–Crippen LogP) is 2.49. The van der Waals surface area contributed by atoms with Crippen molar-refractivity contribution in [2.45, 2.75) is 32.7 Å². The van der Waals surface area contributed by atoms with Gasteiger partial charge in [0.2, 0.25) is 5.91 Å². The maximum atomic E-state index is 12.4. The standard InChI is InChI=1S/C19H28N2O5.ClH/c1-13(2)19(20-17(22)12-21(3)8-7-18(23)24)14-5-6-15-16(11-14)26-10-4-9-25-15;/h5-6,11,13,19H,4,7-10,12H2,1-3H3,(H,20,22)(H,23,24);1H. The van der Waals surface area contributed by atoms with Gasteiger partial charge in [0.1, 0.15) is 0 Å². The predicted molar refractivity (Wildman–Crippen MR) is 105 cm³/mol. The molecule has 0 radical (unpaired) electrons. The van der Waals surface area contributed by atoms with Crippen LogP contribution in [0.1, 0.15) is 38.3 Å². The Balaban J connectivity index is 0.00000364. The summed E-state index contributed by atoms with van der Waals surface area (Å²) in [6, 6.07) is 5.61. The number of hydrogen-bond donors (Lipinski definition) is 2. The van der Waals surface area contributed by atoms with Crippen LogP contribution in [0.4, 0.5) is 0 Å². The average molecular weight is 401 g/mol. The van der Waals surface area contributed by atoms with E-state index in [1.54, 1.807) is 11.9 Å².